The summed E-state index contributed by atoms with van der Waals surface area (Å²) in [4.78, 5) is 1.75. The van der Waals surface area contributed by atoms with Crippen molar-refractivity contribution >= 4 is 27.0 Å². The van der Waals surface area contributed by atoms with Crippen molar-refractivity contribution in [3.63, 3.8) is 0 Å². The van der Waals surface area contributed by atoms with Gasteiger partial charge in [-0.05, 0) is 38.1 Å². The number of sulfonamides is 1. The van der Waals surface area contributed by atoms with Gasteiger partial charge in [-0.1, -0.05) is 6.07 Å². The van der Waals surface area contributed by atoms with Crippen molar-refractivity contribution in [1.82, 2.24) is 0 Å². The summed E-state index contributed by atoms with van der Waals surface area (Å²) in [7, 11) is -3.83. The van der Waals surface area contributed by atoms with E-state index in [1.165, 1.54) is 29.5 Å². The predicted molar refractivity (Wildman–Crippen MR) is 81.8 cm³/mol. The molecule has 0 aliphatic rings. The smallest absolute Gasteiger partial charge is 0.265 e. The standard InChI is InChI=1S/C14H16FNO3S2/c1-10-8-14(11(2)20-10)21(18,19)16(6-7-17)13-5-3-4-12(15)9-13/h3-5,8-9,17H,6-7H2,1-2H3. The second kappa shape index (κ2) is 6.13. The molecule has 0 saturated heterocycles. The lowest BCUT2D eigenvalue weighted by Crippen LogP contribution is -2.33. The molecule has 1 aromatic carbocycles. The molecule has 2 aromatic rings. The van der Waals surface area contributed by atoms with Crippen molar-refractivity contribution in [2.45, 2.75) is 18.7 Å². The Morgan fingerprint density at radius 2 is 2.00 bits per heavy atom. The van der Waals surface area contributed by atoms with Gasteiger partial charge in [-0.25, -0.2) is 12.8 Å². The largest absolute Gasteiger partial charge is 0.394 e. The fourth-order valence-electron chi connectivity index (χ4n) is 2.09. The summed E-state index contributed by atoms with van der Waals surface area (Å²) in [6, 6.07) is 6.93. The minimum absolute atomic E-state index is 0.125. The third kappa shape index (κ3) is 3.25. The molecule has 21 heavy (non-hydrogen) atoms. The minimum atomic E-state index is -3.83. The maximum Gasteiger partial charge on any atom is 0.265 e. The molecule has 2 rings (SSSR count). The number of nitrogens with zero attached hydrogens (tertiary/aromatic N) is 1. The highest BCUT2D eigenvalue weighted by atomic mass is 32.2. The number of aliphatic hydroxyl groups is 1. The van der Waals surface area contributed by atoms with Crippen molar-refractivity contribution in [2.24, 2.45) is 0 Å². The number of aliphatic hydroxyl groups excluding tert-OH is 1. The van der Waals surface area contributed by atoms with Crippen LogP contribution in [-0.4, -0.2) is 26.7 Å². The van der Waals surface area contributed by atoms with Gasteiger partial charge in [-0.3, -0.25) is 4.31 Å². The fraction of sp³-hybridized carbons (Fsp3) is 0.286. The molecule has 1 aromatic heterocycles. The number of thiophene rings is 1. The summed E-state index contributed by atoms with van der Waals surface area (Å²) >= 11 is 1.39. The van der Waals surface area contributed by atoms with Crippen LogP contribution >= 0.6 is 11.3 Å². The number of anilines is 1. The third-order valence-electron chi connectivity index (χ3n) is 2.96. The zero-order chi connectivity index (χ0) is 15.6. The monoisotopic (exact) mass is 329 g/mol. The molecule has 0 radical (unpaired) electrons. The van der Waals surface area contributed by atoms with Crippen LogP contribution < -0.4 is 4.31 Å². The molecule has 7 heteroatoms. The highest BCUT2D eigenvalue weighted by molar-refractivity contribution is 7.93. The first-order chi connectivity index (χ1) is 9.86. The molecule has 0 spiro atoms. The van der Waals surface area contributed by atoms with Crippen molar-refractivity contribution in [1.29, 1.82) is 0 Å². The van der Waals surface area contributed by atoms with E-state index < -0.39 is 15.8 Å². The quantitative estimate of drug-likeness (QED) is 0.917. The Morgan fingerprint density at radius 3 is 2.52 bits per heavy atom. The molecule has 0 aliphatic carbocycles. The van der Waals surface area contributed by atoms with Crippen LogP contribution in [0, 0.1) is 19.7 Å². The molecule has 1 heterocycles. The number of hydrogen-bond acceptors (Lipinski definition) is 4. The van der Waals surface area contributed by atoms with Crippen LogP contribution in [0.25, 0.3) is 0 Å². The highest BCUT2D eigenvalue weighted by Gasteiger charge is 2.27. The molecule has 4 nitrogen and oxygen atoms in total. The first-order valence-corrected chi connectivity index (χ1v) is 8.58. The molecule has 0 aliphatic heterocycles. The molecule has 0 atom stereocenters. The molecule has 0 amide bonds. The summed E-state index contributed by atoms with van der Waals surface area (Å²) in [5.41, 5.74) is 0.201. The average Bonchev–Trinajstić information content (AvgIpc) is 2.75. The number of hydrogen-bond donors (Lipinski definition) is 1. The zero-order valence-electron chi connectivity index (χ0n) is 11.7. The van der Waals surface area contributed by atoms with Crippen molar-refractivity contribution in [3.8, 4) is 0 Å². The van der Waals surface area contributed by atoms with Gasteiger partial charge < -0.3 is 5.11 Å². The van der Waals surface area contributed by atoms with Gasteiger partial charge in [0.1, 0.15) is 10.7 Å². The fourth-order valence-corrected chi connectivity index (χ4v) is 5.07. The zero-order valence-corrected chi connectivity index (χ0v) is 13.3. The van der Waals surface area contributed by atoms with Gasteiger partial charge in [0.15, 0.2) is 0 Å². The summed E-state index contributed by atoms with van der Waals surface area (Å²) < 4.78 is 39.9. The Bertz CT molecular complexity index is 740. The Balaban J connectivity index is 2.54. The van der Waals surface area contributed by atoms with Crippen LogP contribution in [-0.2, 0) is 10.0 Å². The summed E-state index contributed by atoms with van der Waals surface area (Å²) in [6.07, 6.45) is 0. The number of halogens is 1. The second-order valence-electron chi connectivity index (χ2n) is 4.56. The normalized spacial score (nSPS) is 11.6. The molecule has 114 valence electrons. The van der Waals surface area contributed by atoms with Crippen molar-refractivity contribution in [2.75, 3.05) is 17.5 Å². The van der Waals surface area contributed by atoms with Gasteiger partial charge in [-0.2, -0.15) is 0 Å². The van der Waals surface area contributed by atoms with Gasteiger partial charge in [0.2, 0.25) is 0 Å². The van der Waals surface area contributed by atoms with Gasteiger partial charge in [0.25, 0.3) is 10.0 Å². The van der Waals surface area contributed by atoms with Gasteiger partial charge in [-0.15, -0.1) is 11.3 Å². The van der Waals surface area contributed by atoms with Crippen LogP contribution in [0.15, 0.2) is 35.2 Å². The van der Waals surface area contributed by atoms with Crippen LogP contribution in [0.4, 0.5) is 10.1 Å². The van der Waals surface area contributed by atoms with Crippen LogP contribution in [0.1, 0.15) is 9.75 Å². The van der Waals surface area contributed by atoms with Crippen LogP contribution in [0.2, 0.25) is 0 Å². The highest BCUT2D eigenvalue weighted by Crippen LogP contribution is 2.30. The Labute approximate surface area is 127 Å². The number of benzene rings is 1. The van der Waals surface area contributed by atoms with E-state index in [0.29, 0.717) is 4.88 Å². The molecule has 0 bridgehead atoms. The molecule has 0 fully saturated rings. The number of aryl methyl sites for hydroxylation is 2. The molecule has 0 saturated carbocycles. The lowest BCUT2D eigenvalue weighted by molar-refractivity contribution is 0.306. The lowest BCUT2D eigenvalue weighted by Gasteiger charge is -2.23. The van der Waals surface area contributed by atoms with E-state index in [2.05, 4.69) is 0 Å². The van der Waals surface area contributed by atoms with E-state index in [1.54, 1.807) is 13.0 Å². The van der Waals surface area contributed by atoms with E-state index in [4.69, 9.17) is 5.11 Å². The molecule has 0 unspecified atom stereocenters. The van der Waals surface area contributed by atoms with E-state index in [9.17, 15) is 12.8 Å². The van der Waals surface area contributed by atoms with E-state index in [-0.39, 0.29) is 23.7 Å². The SMILES string of the molecule is Cc1cc(S(=O)(=O)N(CCO)c2cccc(F)c2)c(C)s1. The molecular formula is C14H16FNO3S2. The van der Waals surface area contributed by atoms with E-state index in [0.717, 1.165) is 15.2 Å². The second-order valence-corrected chi connectivity index (χ2v) is 7.85. The van der Waals surface area contributed by atoms with Gasteiger partial charge >= 0.3 is 0 Å². The lowest BCUT2D eigenvalue weighted by atomic mass is 10.3. The van der Waals surface area contributed by atoms with Crippen molar-refractivity contribution < 1.29 is 17.9 Å². The van der Waals surface area contributed by atoms with E-state index >= 15 is 0 Å². The maximum atomic E-state index is 13.4. The van der Waals surface area contributed by atoms with Gasteiger partial charge in [0.05, 0.1) is 18.8 Å². The van der Waals surface area contributed by atoms with E-state index in [1.807, 2.05) is 6.92 Å². The maximum absolute atomic E-state index is 13.4. The van der Waals surface area contributed by atoms with Crippen LogP contribution in [0.5, 0.6) is 0 Å². The predicted octanol–water partition coefficient (Wildman–Crippen LogP) is 2.69. The minimum Gasteiger partial charge on any atom is -0.394 e. The summed E-state index contributed by atoms with van der Waals surface area (Å²) in [5, 5.41) is 9.15. The van der Waals surface area contributed by atoms with Gasteiger partial charge in [0, 0.05) is 9.75 Å². The first kappa shape index (κ1) is 15.9. The summed E-state index contributed by atoms with van der Waals surface area (Å²) in [6.45, 7) is 3.08. The van der Waals surface area contributed by atoms with Crippen molar-refractivity contribution in [3.05, 3.63) is 45.9 Å². The summed E-state index contributed by atoms with van der Waals surface area (Å²) in [5.74, 6) is -0.524. The third-order valence-corrected chi connectivity index (χ3v) is 6.01. The Morgan fingerprint density at radius 1 is 1.29 bits per heavy atom. The molecule has 1 N–H and O–H groups in total. The molecular weight excluding hydrogens is 313 g/mol. The Kier molecular flexibility index (Phi) is 4.65. The average molecular weight is 329 g/mol. The number of rotatable bonds is 5. The van der Waals surface area contributed by atoms with Crippen LogP contribution in [0.3, 0.4) is 0 Å². The Hall–Kier alpha value is -1.44. The topological polar surface area (TPSA) is 57.6 Å². The first-order valence-electron chi connectivity index (χ1n) is 6.32.